The van der Waals surface area contributed by atoms with Gasteiger partial charge < -0.3 is 9.47 Å². The van der Waals surface area contributed by atoms with Crippen molar-refractivity contribution in [2.45, 2.75) is 6.18 Å². The zero-order valence-electron chi connectivity index (χ0n) is 8.89. The molecule has 0 amide bonds. The van der Waals surface area contributed by atoms with Gasteiger partial charge in [0, 0.05) is 5.56 Å². The highest BCUT2D eigenvalue weighted by Gasteiger charge is 2.41. The third-order valence-electron chi connectivity index (χ3n) is 1.99. The van der Waals surface area contributed by atoms with E-state index in [1.165, 1.54) is 20.3 Å². The van der Waals surface area contributed by atoms with Gasteiger partial charge in [0.05, 0.1) is 19.2 Å². The zero-order valence-corrected chi connectivity index (χ0v) is 9.65. The monoisotopic (exact) mass is 268 g/mol. The summed E-state index contributed by atoms with van der Waals surface area (Å²) in [6, 6.07) is 2.13. The van der Waals surface area contributed by atoms with E-state index in [4.69, 9.17) is 21.1 Å². The maximum atomic E-state index is 12.3. The first-order chi connectivity index (χ1) is 7.82. The minimum absolute atomic E-state index is 0.107. The molecule has 1 aromatic rings. The Kier molecular flexibility index (Phi) is 3.87. The molecule has 0 radical (unpaired) electrons. The predicted molar refractivity (Wildman–Crippen MR) is 54.9 cm³/mol. The number of hydrogen-bond acceptors (Lipinski definition) is 3. The maximum absolute atomic E-state index is 12.3. The Balaban J connectivity index is 3.34. The summed E-state index contributed by atoms with van der Waals surface area (Å²) in [4.78, 5) is 11.0. The first-order valence-corrected chi connectivity index (χ1v) is 4.72. The summed E-state index contributed by atoms with van der Waals surface area (Å²) in [7, 11) is 2.52. The smallest absolute Gasteiger partial charge is 0.454 e. The van der Waals surface area contributed by atoms with E-state index in [1.807, 2.05) is 0 Å². The van der Waals surface area contributed by atoms with Crippen molar-refractivity contribution in [3.63, 3.8) is 0 Å². The standard InChI is InChI=1S/C10H8ClF3O3/c1-16-6-4-3-5(7(11)8(6)17-2)9(15)10(12,13)14/h3-4H,1-2H3. The fraction of sp³-hybridized carbons (Fsp3) is 0.300. The Morgan fingerprint density at radius 3 is 2.24 bits per heavy atom. The van der Waals surface area contributed by atoms with Crippen LogP contribution in [0.15, 0.2) is 12.1 Å². The molecule has 0 saturated heterocycles. The fourth-order valence-corrected chi connectivity index (χ4v) is 1.54. The minimum atomic E-state index is -4.98. The molecule has 0 aliphatic rings. The van der Waals surface area contributed by atoms with Gasteiger partial charge in [-0.3, -0.25) is 4.79 Å². The minimum Gasteiger partial charge on any atom is -0.493 e. The van der Waals surface area contributed by atoms with Gasteiger partial charge in [0.15, 0.2) is 11.5 Å². The lowest BCUT2D eigenvalue weighted by molar-refractivity contribution is -0.0885. The second-order valence-corrected chi connectivity index (χ2v) is 3.37. The quantitative estimate of drug-likeness (QED) is 0.790. The van der Waals surface area contributed by atoms with Crippen LogP contribution < -0.4 is 9.47 Å². The molecule has 7 heteroatoms. The number of carbonyl (C=O) groups excluding carboxylic acids is 1. The van der Waals surface area contributed by atoms with Crippen LogP contribution in [-0.4, -0.2) is 26.2 Å². The van der Waals surface area contributed by atoms with Crippen LogP contribution in [-0.2, 0) is 0 Å². The highest BCUT2D eigenvalue weighted by Crippen LogP contribution is 2.39. The Morgan fingerprint density at radius 2 is 1.82 bits per heavy atom. The van der Waals surface area contributed by atoms with E-state index >= 15 is 0 Å². The molecule has 0 bridgehead atoms. The molecule has 1 aromatic carbocycles. The summed E-state index contributed by atoms with van der Waals surface area (Å²) >= 11 is 5.67. The number of ether oxygens (including phenoxy) is 2. The van der Waals surface area contributed by atoms with E-state index in [9.17, 15) is 18.0 Å². The van der Waals surface area contributed by atoms with Crippen molar-refractivity contribution in [2.24, 2.45) is 0 Å². The summed E-state index contributed by atoms with van der Waals surface area (Å²) in [5.74, 6) is -1.98. The van der Waals surface area contributed by atoms with E-state index in [0.29, 0.717) is 0 Å². The zero-order chi connectivity index (χ0) is 13.2. The Hall–Kier alpha value is -1.43. The van der Waals surface area contributed by atoms with Crippen molar-refractivity contribution in [1.29, 1.82) is 0 Å². The maximum Gasteiger partial charge on any atom is 0.454 e. The molecule has 0 heterocycles. The lowest BCUT2D eigenvalue weighted by atomic mass is 10.1. The molecular formula is C10H8ClF3O3. The number of alkyl halides is 3. The van der Waals surface area contributed by atoms with Gasteiger partial charge in [-0.2, -0.15) is 13.2 Å². The molecule has 17 heavy (non-hydrogen) atoms. The van der Waals surface area contributed by atoms with Gasteiger partial charge in [0.1, 0.15) is 0 Å². The summed E-state index contributed by atoms with van der Waals surface area (Å²) in [6.07, 6.45) is -4.98. The third kappa shape index (κ3) is 2.63. The summed E-state index contributed by atoms with van der Waals surface area (Å²) < 4.78 is 46.4. The van der Waals surface area contributed by atoms with Crippen LogP contribution in [0, 0.1) is 0 Å². The van der Waals surface area contributed by atoms with Gasteiger partial charge in [-0.05, 0) is 12.1 Å². The first kappa shape index (κ1) is 13.6. The van der Waals surface area contributed by atoms with Gasteiger partial charge >= 0.3 is 6.18 Å². The number of ketones is 1. The summed E-state index contributed by atoms with van der Waals surface area (Å²) in [6.45, 7) is 0. The molecule has 0 aliphatic carbocycles. The van der Waals surface area contributed by atoms with Crippen LogP contribution in [0.1, 0.15) is 10.4 Å². The topological polar surface area (TPSA) is 35.5 Å². The normalized spacial score (nSPS) is 11.2. The van der Waals surface area contributed by atoms with Crippen LogP contribution in [0.5, 0.6) is 11.5 Å². The number of benzene rings is 1. The molecule has 0 unspecified atom stereocenters. The summed E-state index contributed by atoms with van der Waals surface area (Å²) in [5, 5.41) is -0.422. The largest absolute Gasteiger partial charge is 0.493 e. The molecule has 1 rings (SSSR count). The number of carbonyl (C=O) groups is 1. The number of Topliss-reactive ketones (excluding diaryl/α,β-unsaturated/α-hetero) is 1. The van der Waals surface area contributed by atoms with Crippen molar-refractivity contribution in [3.8, 4) is 11.5 Å². The highest BCUT2D eigenvalue weighted by atomic mass is 35.5. The van der Waals surface area contributed by atoms with Crippen LogP contribution >= 0.6 is 11.6 Å². The summed E-state index contributed by atoms with van der Waals surface area (Å²) in [5.41, 5.74) is -0.670. The molecule has 0 aromatic heterocycles. The van der Waals surface area contributed by atoms with Crippen LogP contribution in [0.25, 0.3) is 0 Å². The average molecular weight is 269 g/mol. The first-order valence-electron chi connectivity index (χ1n) is 4.35. The molecule has 0 spiro atoms. The van der Waals surface area contributed by atoms with Gasteiger partial charge in [-0.15, -0.1) is 0 Å². The predicted octanol–water partition coefficient (Wildman–Crippen LogP) is 3.10. The fourth-order valence-electron chi connectivity index (χ4n) is 1.22. The van der Waals surface area contributed by atoms with Crippen LogP contribution in [0.3, 0.4) is 0 Å². The van der Waals surface area contributed by atoms with Crippen molar-refractivity contribution in [1.82, 2.24) is 0 Å². The number of methoxy groups -OCH3 is 2. The number of rotatable bonds is 3. The van der Waals surface area contributed by atoms with E-state index < -0.39 is 22.5 Å². The van der Waals surface area contributed by atoms with Gasteiger partial charge in [0.2, 0.25) is 0 Å². The molecule has 0 atom stereocenters. The highest BCUT2D eigenvalue weighted by molar-refractivity contribution is 6.36. The molecule has 0 fully saturated rings. The third-order valence-corrected chi connectivity index (χ3v) is 2.36. The molecule has 0 N–H and O–H groups in total. The SMILES string of the molecule is COc1ccc(C(=O)C(F)(F)F)c(Cl)c1OC. The number of halogens is 4. The molecular weight excluding hydrogens is 261 g/mol. The Morgan fingerprint density at radius 1 is 1.24 bits per heavy atom. The molecule has 3 nitrogen and oxygen atoms in total. The van der Waals surface area contributed by atoms with Crippen molar-refractivity contribution in [2.75, 3.05) is 14.2 Å². The Labute approximate surface area is 100 Å². The van der Waals surface area contributed by atoms with Crippen molar-refractivity contribution in [3.05, 3.63) is 22.7 Å². The van der Waals surface area contributed by atoms with Crippen LogP contribution in [0.4, 0.5) is 13.2 Å². The van der Waals surface area contributed by atoms with Crippen molar-refractivity contribution < 1.29 is 27.4 Å². The number of hydrogen-bond donors (Lipinski definition) is 0. The van der Waals surface area contributed by atoms with Gasteiger partial charge in [-0.25, -0.2) is 0 Å². The van der Waals surface area contributed by atoms with Gasteiger partial charge in [-0.1, -0.05) is 11.6 Å². The molecule has 0 aliphatic heterocycles. The van der Waals surface area contributed by atoms with E-state index in [2.05, 4.69) is 0 Å². The van der Waals surface area contributed by atoms with E-state index in [1.54, 1.807) is 0 Å². The van der Waals surface area contributed by atoms with E-state index in [-0.39, 0.29) is 11.5 Å². The average Bonchev–Trinajstić information content (AvgIpc) is 2.26. The van der Waals surface area contributed by atoms with Crippen LogP contribution in [0.2, 0.25) is 5.02 Å². The molecule has 0 saturated carbocycles. The van der Waals surface area contributed by atoms with Crippen molar-refractivity contribution >= 4 is 17.4 Å². The molecule has 94 valence electrons. The lowest BCUT2D eigenvalue weighted by Gasteiger charge is -2.13. The second-order valence-electron chi connectivity index (χ2n) is 2.99. The second kappa shape index (κ2) is 4.83. The lowest BCUT2D eigenvalue weighted by Crippen LogP contribution is -2.23. The Bertz CT molecular complexity index is 443. The van der Waals surface area contributed by atoms with E-state index in [0.717, 1.165) is 6.07 Å². The van der Waals surface area contributed by atoms with Gasteiger partial charge in [0.25, 0.3) is 5.78 Å².